The Bertz CT molecular complexity index is 1500. The highest BCUT2D eigenvalue weighted by molar-refractivity contribution is 6.12. The van der Waals surface area contributed by atoms with Crippen LogP contribution in [-0.4, -0.2) is 38.2 Å². The minimum atomic E-state index is -0.580. The summed E-state index contributed by atoms with van der Waals surface area (Å²) in [5, 5.41) is 0. The number of esters is 3. The van der Waals surface area contributed by atoms with Gasteiger partial charge in [-0.25, -0.2) is 14.4 Å². The number of hydrogen-bond donors (Lipinski definition) is 0. The van der Waals surface area contributed by atoms with Gasteiger partial charge < -0.3 is 14.2 Å². The minimum absolute atomic E-state index is 0.163. The highest BCUT2D eigenvalue weighted by atomic mass is 16.5. The van der Waals surface area contributed by atoms with Crippen molar-refractivity contribution in [3.63, 3.8) is 0 Å². The largest absolute Gasteiger partial charge is 0.465 e. The van der Waals surface area contributed by atoms with Crippen molar-refractivity contribution in [2.24, 2.45) is 0 Å². The van der Waals surface area contributed by atoms with Gasteiger partial charge in [-0.1, -0.05) is 74.2 Å². The van der Waals surface area contributed by atoms with Gasteiger partial charge in [0.25, 0.3) is 0 Å². The maximum absolute atomic E-state index is 13.2. The van der Waals surface area contributed by atoms with Crippen LogP contribution < -0.4 is 0 Å². The van der Waals surface area contributed by atoms with Crippen LogP contribution in [0.2, 0.25) is 0 Å². The highest BCUT2D eigenvalue weighted by Gasteiger charge is 2.31. The van der Waals surface area contributed by atoms with Crippen LogP contribution in [0, 0.1) is 11.8 Å². The average Bonchev–Trinajstić information content (AvgIpc) is 3.16. The Morgan fingerprint density at radius 2 is 1.31 bits per heavy atom. The van der Waals surface area contributed by atoms with Crippen LogP contribution in [0.3, 0.4) is 0 Å². The molecule has 0 N–H and O–H groups in total. The summed E-state index contributed by atoms with van der Waals surface area (Å²) in [4.78, 5) is 39.0. The minimum Gasteiger partial charge on any atom is -0.465 e. The molecule has 0 fully saturated rings. The molecule has 0 atom stereocenters. The van der Waals surface area contributed by atoms with Crippen molar-refractivity contribution in [3.8, 4) is 34.1 Å². The van der Waals surface area contributed by atoms with Gasteiger partial charge >= 0.3 is 17.9 Å². The van der Waals surface area contributed by atoms with Gasteiger partial charge in [-0.15, -0.1) is 0 Å². The molecular formula is C33H30O6. The van der Waals surface area contributed by atoms with Crippen molar-refractivity contribution in [1.29, 1.82) is 0 Å². The first-order chi connectivity index (χ1) is 18.8. The summed E-state index contributed by atoms with van der Waals surface area (Å²) in [5.41, 5.74) is 5.22. The fourth-order valence-corrected chi connectivity index (χ4v) is 4.60. The molecule has 6 heteroatoms. The van der Waals surface area contributed by atoms with Crippen molar-refractivity contribution >= 4 is 17.9 Å². The van der Waals surface area contributed by atoms with E-state index in [-0.39, 0.29) is 35.8 Å². The van der Waals surface area contributed by atoms with Crippen molar-refractivity contribution in [3.05, 3.63) is 94.0 Å². The third-order valence-corrected chi connectivity index (χ3v) is 6.45. The van der Waals surface area contributed by atoms with E-state index in [2.05, 4.69) is 25.7 Å². The molecule has 0 unspecified atom stereocenters. The van der Waals surface area contributed by atoms with Gasteiger partial charge in [0.2, 0.25) is 0 Å². The normalized spacial score (nSPS) is 10.7. The third kappa shape index (κ3) is 5.35. The van der Waals surface area contributed by atoms with E-state index in [0.29, 0.717) is 22.3 Å². The number of fused-ring (bicyclic) bond motifs is 2. The van der Waals surface area contributed by atoms with Gasteiger partial charge in [0.15, 0.2) is 0 Å². The van der Waals surface area contributed by atoms with Crippen LogP contribution in [0.15, 0.2) is 60.7 Å². The summed E-state index contributed by atoms with van der Waals surface area (Å²) >= 11 is 0. The Kier molecular flexibility index (Phi) is 8.31. The van der Waals surface area contributed by atoms with Gasteiger partial charge in [-0.2, -0.15) is 0 Å². The van der Waals surface area contributed by atoms with Gasteiger partial charge in [0.05, 0.1) is 42.6 Å². The number of carbonyl (C=O) groups excluding carboxylic acids is 3. The molecule has 0 saturated carbocycles. The SMILES string of the molecule is CCOC(=O)c1c2cccccc-2c(C(=O)OCC)c1C#Cc1cc(C(=O)OC)c2cc(C(C)C)cccc1-2. The zero-order valence-corrected chi connectivity index (χ0v) is 22.7. The van der Waals surface area contributed by atoms with Gasteiger partial charge in [0, 0.05) is 5.56 Å². The van der Waals surface area contributed by atoms with Crippen LogP contribution in [0.25, 0.3) is 22.3 Å². The highest BCUT2D eigenvalue weighted by Crippen LogP contribution is 2.38. The van der Waals surface area contributed by atoms with Crippen molar-refractivity contribution in [2.75, 3.05) is 20.3 Å². The lowest BCUT2D eigenvalue weighted by Gasteiger charge is -2.04. The Morgan fingerprint density at radius 1 is 0.718 bits per heavy atom. The van der Waals surface area contributed by atoms with E-state index >= 15 is 0 Å². The topological polar surface area (TPSA) is 78.9 Å². The molecule has 4 aliphatic rings. The summed E-state index contributed by atoms with van der Waals surface area (Å²) in [6.07, 6.45) is 0. The maximum Gasteiger partial charge on any atom is 0.340 e. The zero-order chi connectivity index (χ0) is 28.1. The average molecular weight is 523 g/mol. The van der Waals surface area contributed by atoms with E-state index in [4.69, 9.17) is 14.2 Å². The quantitative estimate of drug-likeness (QED) is 0.162. The van der Waals surface area contributed by atoms with Crippen LogP contribution >= 0.6 is 0 Å². The summed E-state index contributed by atoms with van der Waals surface area (Å²) in [7, 11) is 1.34. The standard InChI is InChI=1S/C33H30O6/c1-6-38-32(35)29-24-13-9-8-10-14-25(24)30(33(36)39-7-2)26(29)17-16-22-19-28(31(34)37-5)27-18-21(20(3)4)12-11-15-23(22)27/h8-15,18-20H,6-7H2,1-5H3. The molecular weight excluding hydrogens is 492 g/mol. The molecule has 4 aliphatic carbocycles. The Morgan fingerprint density at radius 3 is 1.85 bits per heavy atom. The molecule has 0 radical (unpaired) electrons. The third-order valence-electron chi connectivity index (χ3n) is 6.45. The molecule has 0 aromatic carbocycles. The van der Waals surface area contributed by atoms with Gasteiger partial charge in [-0.3, -0.25) is 0 Å². The second-order valence-electron chi connectivity index (χ2n) is 9.17. The lowest BCUT2D eigenvalue weighted by molar-refractivity contribution is 0.0525. The number of hydrogen-bond acceptors (Lipinski definition) is 6. The second-order valence-corrected chi connectivity index (χ2v) is 9.17. The molecule has 0 saturated heterocycles. The van der Waals surface area contributed by atoms with Crippen LogP contribution in [0.5, 0.6) is 0 Å². The molecule has 0 heterocycles. The predicted octanol–water partition coefficient (Wildman–Crippen LogP) is 6.56. The van der Waals surface area contributed by atoms with E-state index in [0.717, 1.165) is 16.7 Å². The fraction of sp³-hybridized carbons (Fsp3) is 0.242. The fourth-order valence-electron chi connectivity index (χ4n) is 4.60. The molecule has 0 amide bonds. The summed E-state index contributed by atoms with van der Waals surface area (Å²) in [5.74, 6) is 4.83. The summed E-state index contributed by atoms with van der Waals surface area (Å²) < 4.78 is 15.8. The van der Waals surface area contributed by atoms with Crippen LogP contribution in [-0.2, 0) is 14.2 Å². The van der Waals surface area contributed by atoms with Crippen LogP contribution in [0.1, 0.15) is 81.4 Å². The molecule has 0 bridgehead atoms. The first-order valence-electron chi connectivity index (χ1n) is 12.9. The molecule has 0 spiro atoms. The summed E-state index contributed by atoms with van der Waals surface area (Å²) in [6.45, 7) is 7.92. The molecule has 6 nitrogen and oxygen atoms in total. The maximum atomic E-state index is 13.2. The molecule has 0 aliphatic heterocycles. The van der Waals surface area contributed by atoms with E-state index in [9.17, 15) is 14.4 Å². The van der Waals surface area contributed by atoms with Crippen LogP contribution in [0.4, 0.5) is 0 Å². The van der Waals surface area contributed by atoms with Crippen molar-refractivity contribution < 1.29 is 28.6 Å². The Balaban J connectivity index is 2.01. The second kappa shape index (κ2) is 11.8. The Hall–Kier alpha value is -4.63. The number of ether oxygens (including phenoxy) is 3. The zero-order valence-electron chi connectivity index (χ0n) is 22.7. The van der Waals surface area contributed by atoms with Gasteiger partial charge in [0.1, 0.15) is 0 Å². The number of methoxy groups -OCH3 is 1. The van der Waals surface area contributed by atoms with Gasteiger partial charge in [-0.05, 0) is 59.7 Å². The smallest absolute Gasteiger partial charge is 0.340 e. The number of rotatable bonds is 6. The molecule has 0 aromatic heterocycles. The first-order valence-corrected chi connectivity index (χ1v) is 12.9. The molecule has 0 aromatic rings. The summed E-state index contributed by atoms with van der Waals surface area (Å²) in [6, 6.07) is 18.4. The predicted molar refractivity (Wildman–Crippen MR) is 149 cm³/mol. The monoisotopic (exact) mass is 522 g/mol. The molecule has 4 rings (SSSR count). The van der Waals surface area contributed by atoms with E-state index in [1.165, 1.54) is 7.11 Å². The Labute approximate surface area is 228 Å². The number of carbonyl (C=O) groups is 3. The van der Waals surface area contributed by atoms with E-state index < -0.39 is 17.9 Å². The lowest BCUT2D eigenvalue weighted by atomic mass is 10.0. The molecule has 198 valence electrons. The van der Waals surface area contributed by atoms with E-state index in [1.54, 1.807) is 44.2 Å². The van der Waals surface area contributed by atoms with Crippen molar-refractivity contribution in [1.82, 2.24) is 0 Å². The molecule has 39 heavy (non-hydrogen) atoms. The van der Waals surface area contributed by atoms with E-state index in [1.807, 2.05) is 30.3 Å². The lowest BCUT2D eigenvalue weighted by Crippen LogP contribution is -2.09. The first kappa shape index (κ1) is 27.4. The van der Waals surface area contributed by atoms with Crippen molar-refractivity contribution in [2.45, 2.75) is 33.6 Å².